The maximum atomic E-state index is 7.95. The number of benzene rings is 1. The highest BCUT2D eigenvalue weighted by Gasteiger charge is 2.41. The van der Waals surface area contributed by atoms with Crippen LogP contribution in [0.3, 0.4) is 0 Å². The van der Waals surface area contributed by atoms with Crippen molar-refractivity contribution in [3.05, 3.63) is 23.8 Å². The van der Waals surface area contributed by atoms with Crippen molar-refractivity contribution < 1.29 is 9.47 Å². The topological polar surface area (TPSA) is 45.5 Å². The smallest absolute Gasteiger partial charge is 0.161 e. The average Bonchev–Trinajstić information content (AvgIpc) is 2.83. The first-order valence-electron chi connectivity index (χ1n) is 7.64. The molecule has 0 amide bonds. The molecule has 1 saturated carbocycles. The summed E-state index contributed by atoms with van der Waals surface area (Å²) in [6.45, 7) is 0. The lowest BCUT2D eigenvalue weighted by molar-refractivity contribution is 0.220. The Bertz CT molecular complexity index is 544. The molecule has 3 atom stereocenters. The second kappa shape index (κ2) is 5.68. The summed E-state index contributed by atoms with van der Waals surface area (Å²) in [5.74, 6) is 2.30. The van der Waals surface area contributed by atoms with Gasteiger partial charge in [0.2, 0.25) is 0 Å². The van der Waals surface area contributed by atoms with Gasteiger partial charge in [-0.25, -0.2) is 0 Å². The SMILES string of the molecule is COc1ccc(C2CC3CCC(=N)CC3N2C)cc1OC. The van der Waals surface area contributed by atoms with Crippen LogP contribution in [0.4, 0.5) is 0 Å². The van der Waals surface area contributed by atoms with Crippen molar-refractivity contribution in [3.8, 4) is 11.5 Å². The Hall–Kier alpha value is -1.55. The van der Waals surface area contributed by atoms with Gasteiger partial charge in [0.25, 0.3) is 0 Å². The number of methoxy groups -OCH3 is 2. The number of hydrogen-bond donors (Lipinski definition) is 1. The number of nitrogens with zero attached hydrogens (tertiary/aromatic N) is 1. The third kappa shape index (κ3) is 2.53. The molecule has 3 unspecified atom stereocenters. The Morgan fingerprint density at radius 3 is 2.67 bits per heavy atom. The molecule has 4 nitrogen and oxygen atoms in total. The molecule has 0 spiro atoms. The summed E-state index contributed by atoms with van der Waals surface area (Å²) < 4.78 is 10.8. The predicted molar refractivity (Wildman–Crippen MR) is 83.5 cm³/mol. The van der Waals surface area contributed by atoms with Crippen molar-refractivity contribution in [2.45, 2.75) is 37.8 Å². The van der Waals surface area contributed by atoms with E-state index in [1.165, 1.54) is 12.0 Å². The largest absolute Gasteiger partial charge is 0.493 e. The molecule has 1 N–H and O–H groups in total. The van der Waals surface area contributed by atoms with Gasteiger partial charge in [-0.15, -0.1) is 0 Å². The highest BCUT2D eigenvalue weighted by atomic mass is 16.5. The Kier molecular flexibility index (Phi) is 3.89. The summed E-state index contributed by atoms with van der Waals surface area (Å²) in [4.78, 5) is 2.46. The minimum absolute atomic E-state index is 0.422. The maximum Gasteiger partial charge on any atom is 0.161 e. The van der Waals surface area contributed by atoms with Crippen molar-refractivity contribution in [1.82, 2.24) is 4.90 Å². The average molecular weight is 288 g/mol. The van der Waals surface area contributed by atoms with E-state index in [0.29, 0.717) is 12.1 Å². The van der Waals surface area contributed by atoms with Gasteiger partial charge in [-0.05, 0) is 49.9 Å². The minimum Gasteiger partial charge on any atom is -0.493 e. The third-order valence-electron chi connectivity index (χ3n) is 5.15. The standard InChI is InChI=1S/C17H24N2O2/c1-19-14(8-11-4-6-13(18)10-15(11)19)12-5-7-16(20-2)17(9-12)21-3/h5,7,9,11,14-15,18H,4,6,8,10H2,1-3H3. The summed E-state index contributed by atoms with van der Waals surface area (Å²) in [5, 5.41) is 7.95. The van der Waals surface area contributed by atoms with E-state index < -0.39 is 0 Å². The summed E-state index contributed by atoms with van der Waals surface area (Å²) >= 11 is 0. The fourth-order valence-corrected chi connectivity index (χ4v) is 3.94. The molecule has 114 valence electrons. The first kappa shape index (κ1) is 14.4. The molecule has 1 aliphatic heterocycles. The van der Waals surface area contributed by atoms with Crippen molar-refractivity contribution in [3.63, 3.8) is 0 Å². The quantitative estimate of drug-likeness (QED) is 0.928. The van der Waals surface area contributed by atoms with Crippen LogP contribution in [0.5, 0.6) is 11.5 Å². The zero-order valence-corrected chi connectivity index (χ0v) is 13.1. The van der Waals surface area contributed by atoms with E-state index in [1.54, 1.807) is 14.2 Å². The highest BCUT2D eigenvalue weighted by Crippen LogP contribution is 2.45. The van der Waals surface area contributed by atoms with Crippen LogP contribution in [-0.2, 0) is 0 Å². The molecule has 21 heavy (non-hydrogen) atoms. The van der Waals surface area contributed by atoms with Gasteiger partial charge in [0.1, 0.15) is 0 Å². The van der Waals surface area contributed by atoms with Crippen molar-refractivity contribution in [1.29, 1.82) is 5.41 Å². The molecule has 0 radical (unpaired) electrons. The second-order valence-electron chi connectivity index (χ2n) is 6.21. The van der Waals surface area contributed by atoms with E-state index in [2.05, 4.69) is 24.1 Å². The van der Waals surface area contributed by atoms with E-state index in [1.807, 2.05) is 6.07 Å². The van der Waals surface area contributed by atoms with Crippen LogP contribution in [0.25, 0.3) is 0 Å². The van der Waals surface area contributed by atoms with Gasteiger partial charge in [-0.3, -0.25) is 4.90 Å². The molecule has 1 saturated heterocycles. The van der Waals surface area contributed by atoms with Crippen LogP contribution >= 0.6 is 0 Å². The number of rotatable bonds is 3. The molecular weight excluding hydrogens is 264 g/mol. The first-order valence-corrected chi connectivity index (χ1v) is 7.64. The molecule has 3 rings (SSSR count). The second-order valence-corrected chi connectivity index (χ2v) is 6.21. The monoisotopic (exact) mass is 288 g/mol. The summed E-state index contributed by atoms with van der Waals surface area (Å²) in [6, 6.07) is 7.19. The minimum atomic E-state index is 0.422. The van der Waals surface area contributed by atoms with Gasteiger partial charge in [-0.2, -0.15) is 0 Å². The number of likely N-dealkylation sites (tertiary alicyclic amines) is 1. The molecule has 1 aliphatic carbocycles. The van der Waals surface area contributed by atoms with Gasteiger partial charge in [-0.1, -0.05) is 6.07 Å². The Balaban J connectivity index is 1.86. The van der Waals surface area contributed by atoms with Gasteiger partial charge >= 0.3 is 0 Å². The third-order valence-corrected chi connectivity index (χ3v) is 5.15. The highest BCUT2D eigenvalue weighted by molar-refractivity contribution is 5.82. The fourth-order valence-electron chi connectivity index (χ4n) is 3.94. The van der Waals surface area contributed by atoms with Crippen LogP contribution in [0.1, 0.15) is 37.3 Å². The molecule has 4 heteroatoms. The summed E-state index contributed by atoms with van der Waals surface area (Å²) in [7, 11) is 5.55. The van der Waals surface area contributed by atoms with Gasteiger partial charge < -0.3 is 14.9 Å². The first-order chi connectivity index (χ1) is 10.1. The number of nitrogens with one attached hydrogen (secondary N) is 1. The molecular formula is C17H24N2O2. The summed E-state index contributed by atoms with van der Waals surface area (Å²) in [6.07, 6.45) is 4.26. The van der Waals surface area contributed by atoms with Crippen molar-refractivity contribution in [2.75, 3.05) is 21.3 Å². The number of fused-ring (bicyclic) bond motifs is 1. The fraction of sp³-hybridized carbons (Fsp3) is 0.588. The number of ether oxygens (including phenoxy) is 2. The predicted octanol–water partition coefficient (Wildman–Crippen LogP) is 3.27. The van der Waals surface area contributed by atoms with Gasteiger partial charge in [0.05, 0.1) is 14.2 Å². The Labute approximate surface area is 126 Å². The van der Waals surface area contributed by atoms with Crippen LogP contribution in [0, 0.1) is 11.3 Å². The maximum absolute atomic E-state index is 7.95. The van der Waals surface area contributed by atoms with E-state index in [4.69, 9.17) is 14.9 Å². The normalized spacial score (nSPS) is 29.3. The summed E-state index contributed by atoms with van der Waals surface area (Å²) in [5.41, 5.74) is 2.20. The van der Waals surface area contributed by atoms with Crippen LogP contribution in [-0.4, -0.2) is 37.9 Å². The van der Waals surface area contributed by atoms with Crippen LogP contribution in [0.2, 0.25) is 0 Å². The lowest BCUT2D eigenvalue weighted by Crippen LogP contribution is -2.35. The molecule has 0 bridgehead atoms. The van der Waals surface area contributed by atoms with E-state index in [9.17, 15) is 0 Å². The van der Waals surface area contributed by atoms with Crippen LogP contribution < -0.4 is 9.47 Å². The lowest BCUT2D eigenvalue weighted by atomic mass is 9.83. The Morgan fingerprint density at radius 2 is 1.95 bits per heavy atom. The zero-order valence-electron chi connectivity index (χ0n) is 13.1. The van der Waals surface area contributed by atoms with Crippen molar-refractivity contribution >= 4 is 5.71 Å². The van der Waals surface area contributed by atoms with Gasteiger partial charge in [0.15, 0.2) is 11.5 Å². The van der Waals surface area contributed by atoms with Crippen molar-refractivity contribution in [2.24, 2.45) is 5.92 Å². The molecule has 1 aromatic rings. The molecule has 1 aromatic carbocycles. The van der Waals surface area contributed by atoms with Crippen LogP contribution in [0.15, 0.2) is 18.2 Å². The molecule has 1 heterocycles. The van der Waals surface area contributed by atoms with E-state index in [0.717, 1.165) is 42.4 Å². The number of hydrogen-bond acceptors (Lipinski definition) is 4. The van der Waals surface area contributed by atoms with E-state index in [-0.39, 0.29) is 0 Å². The zero-order chi connectivity index (χ0) is 15.0. The van der Waals surface area contributed by atoms with E-state index >= 15 is 0 Å². The molecule has 2 fully saturated rings. The Morgan fingerprint density at radius 1 is 1.19 bits per heavy atom. The molecule has 0 aromatic heterocycles. The van der Waals surface area contributed by atoms with Gasteiger partial charge in [0, 0.05) is 24.2 Å². The molecule has 2 aliphatic rings. The lowest BCUT2D eigenvalue weighted by Gasteiger charge is -2.31.